The van der Waals surface area contributed by atoms with Gasteiger partial charge >= 0.3 is 0 Å². The molecule has 8 saturated heterocycles. The van der Waals surface area contributed by atoms with Crippen LogP contribution in [0.2, 0.25) is 0 Å². The van der Waals surface area contributed by atoms with Gasteiger partial charge in [0.25, 0.3) is 0 Å². The van der Waals surface area contributed by atoms with Gasteiger partial charge in [0.1, 0.15) is 189 Å². The molecule has 0 spiro atoms. The van der Waals surface area contributed by atoms with Crippen molar-refractivity contribution in [3.63, 3.8) is 0 Å². The van der Waals surface area contributed by atoms with Crippen LogP contribution in [0.5, 0.6) is 0 Å². The van der Waals surface area contributed by atoms with E-state index in [-0.39, 0.29) is 12.3 Å². The number of allylic oxidation sites excluding steroid dienone is 3. The van der Waals surface area contributed by atoms with Gasteiger partial charge in [-0.1, -0.05) is 205 Å². The lowest BCUT2D eigenvalue weighted by Crippen LogP contribution is -2.71. The van der Waals surface area contributed by atoms with E-state index in [2.05, 4.69) is 41.9 Å². The van der Waals surface area contributed by atoms with Gasteiger partial charge in [-0.15, -0.1) is 0 Å². The topological polar surface area (TPSA) is 700 Å². The first-order chi connectivity index (χ1) is 67.7. The van der Waals surface area contributed by atoms with Crippen LogP contribution in [0.15, 0.2) is 24.3 Å². The van der Waals surface area contributed by atoms with Crippen molar-refractivity contribution in [2.75, 3.05) is 52.9 Å². The highest BCUT2D eigenvalue weighted by Crippen LogP contribution is 2.40. The molecule has 0 aromatic carbocycles. The Labute approximate surface area is 825 Å². The molecule has 26 N–H and O–H groups in total. The molecule has 8 heterocycles. The fourth-order valence-corrected chi connectivity index (χ4v) is 19.0. The number of carbonyl (C=O) groups excluding carboxylic acids is 3. The Kier molecular flexibility index (Phi) is 56.3. The van der Waals surface area contributed by atoms with E-state index in [1.807, 2.05) is 6.08 Å². The number of carbonyl (C=O) groups is 3. The molecule has 8 rings (SSSR count). The van der Waals surface area contributed by atoms with Crippen LogP contribution in [0.1, 0.15) is 253 Å². The monoisotopic (exact) mass is 2040 g/mol. The molecule has 0 saturated carbocycles. The third kappa shape index (κ3) is 36.9. The molecule has 16 unspecified atom stereocenters. The van der Waals surface area contributed by atoms with Crippen molar-refractivity contribution >= 4 is 17.7 Å². The number of aliphatic hydroxyl groups excluding tert-OH is 23. The summed E-state index contributed by atoms with van der Waals surface area (Å²) < 4.78 is 96.5. The summed E-state index contributed by atoms with van der Waals surface area (Å²) in [5.74, 6) is -2.26. The predicted octanol–water partition coefficient (Wildman–Crippen LogP) is -2.85. The van der Waals surface area contributed by atoms with Gasteiger partial charge in [-0.2, -0.15) is 0 Å². The number of nitrogens with one attached hydrogen (secondary N) is 3. The SMILES string of the molecule is CCCCCCCC/C=C\CCCCCCCCCCCCCCCC(=O)N[C@@H](CO[C@@H]1OC(CO)[C@@H](O[C@@H]2OC(CO)[C@H](O[C@@H]3OC(CO)[C@H](O)[C@H](O[C@@H]4OC(CO[C@@H]5OC(CO)[C@@H](O[C@@H]6OC(CO)[C@H](O)[C@H](O)C6O)[C@H](O[C@H]6OC(C)[C@@H](O)C(O)[C@@H]6O)C5NC(C)=O)[C@H](O)[C@H](O[C@@H]5OC(CO)[C@H](O)[C@H](O)C5O)C4NC(C)=O)C3O)[C@H](O)C2O)[C@H](O)C1O)[C@H](O)/C=C/CCCCCCCCCCCCC. The number of aliphatic hydroxyl groups is 23. The summed E-state index contributed by atoms with van der Waals surface area (Å²) in [7, 11) is 0. The molecule has 0 bridgehead atoms. The normalized spacial score (nSPS) is 38.7. The number of hydrogen-bond donors (Lipinski definition) is 26. The van der Waals surface area contributed by atoms with Crippen molar-refractivity contribution in [3.05, 3.63) is 24.3 Å². The van der Waals surface area contributed by atoms with Crippen LogP contribution in [0.4, 0.5) is 0 Å². The van der Waals surface area contributed by atoms with E-state index in [4.69, 9.17) is 75.8 Å². The number of hydrogen-bond acceptors (Lipinski definition) is 42. The first-order valence-corrected chi connectivity index (χ1v) is 51.5. The van der Waals surface area contributed by atoms with Crippen LogP contribution < -0.4 is 16.0 Å². The molecule has 8 aliphatic rings. The standard InChI is InChI=1S/C96H171N3O42/c1-6-8-10-12-14-16-18-20-21-22-23-24-25-26-27-28-29-31-33-35-37-39-41-43-64(109)99-55(56(108)42-40-38-36-34-32-30-19-17-15-13-11-9-7-2)50-126-91-80(123)75(118)83(60(47-103)133-91)136-95-81(124)76(119)84(61(48-104)134-95)137-96-82(125)88(70(113)59(46-102)131-96)141-90-65(97-53(4)106)86(139-94-79(122)74(117)69(112)58(45-101)130-94)71(114)63(135-90)51-127-89-66(98-54(5)107)87(140-92-77(120)72(115)67(110)52(3)128-92)85(62(49-105)132-89)138-93-78(121)73(116)68(111)57(44-100)129-93/h20-21,40,42,52,55-63,65-96,100-105,108,110-125H,6-19,22-39,41,43-51H2,1-5H3,(H,97,106)(H,98,107)(H,99,109)/b21-20-,42-40+/t52?,55-,56+,57?,58?,59?,60?,61?,62?,63?,65?,66?,67+,68-,69-,70-,71-,72?,73-,74-,75+,76+,77-,78?,79?,80?,81?,82?,83+,84-,85+,86+,87+,88-,89+,90-,91+,92+,93-,94-,95-,96-/m0/s1. The lowest BCUT2D eigenvalue weighted by Gasteiger charge is -2.51. The zero-order valence-corrected chi connectivity index (χ0v) is 82.3. The van der Waals surface area contributed by atoms with Gasteiger partial charge in [0.15, 0.2) is 50.3 Å². The van der Waals surface area contributed by atoms with Gasteiger partial charge in [0.05, 0.1) is 71.1 Å². The van der Waals surface area contributed by atoms with Crippen LogP contribution in [-0.2, 0) is 90.2 Å². The number of rotatable bonds is 64. The van der Waals surface area contributed by atoms with Crippen molar-refractivity contribution in [3.8, 4) is 0 Å². The predicted molar refractivity (Wildman–Crippen MR) is 494 cm³/mol. The zero-order chi connectivity index (χ0) is 103. The summed E-state index contributed by atoms with van der Waals surface area (Å²) in [5.41, 5.74) is 0. The summed E-state index contributed by atoms with van der Waals surface area (Å²) in [4.78, 5) is 40.5. The maximum absolute atomic E-state index is 13.7. The third-order valence-electron chi connectivity index (χ3n) is 27.6. The molecule has 42 atom stereocenters. The molecule has 822 valence electrons. The molecule has 0 aromatic rings. The number of unbranched alkanes of at least 4 members (excludes halogenated alkanes) is 30. The van der Waals surface area contributed by atoms with Gasteiger partial charge in [-0.3, -0.25) is 14.4 Å². The van der Waals surface area contributed by atoms with E-state index >= 15 is 0 Å². The van der Waals surface area contributed by atoms with Crippen molar-refractivity contribution in [1.29, 1.82) is 0 Å². The fourth-order valence-electron chi connectivity index (χ4n) is 19.0. The number of ether oxygens (including phenoxy) is 16. The fraction of sp³-hybridized carbons (Fsp3) is 0.927. The Hall–Kier alpha value is -3.67. The zero-order valence-electron chi connectivity index (χ0n) is 82.3. The maximum atomic E-state index is 13.7. The van der Waals surface area contributed by atoms with E-state index in [1.54, 1.807) is 6.08 Å². The van der Waals surface area contributed by atoms with Gasteiger partial charge in [-0.25, -0.2) is 0 Å². The van der Waals surface area contributed by atoms with E-state index < -0.39 is 322 Å². The van der Waals surface area contributed by atoms with Crippen molar-refractivity contribution < 1.29 is 208 Å². The summed E-state index contributed by atoms with van der Waals surface area (Å²) >= 11 is 0. The Balaban J connectivity index is 0.929. The third-order valence-corrected chi connectivity index (χ3v) is 27.6. The minimum absolute atomic E-state index is 0.149. The molecule has 141 heavy (non-hydrogen) atoms. The summed E-state index contributed by atoms with van der Waals surface area (Å²) in [5, 5.41) is 267. The van der Waals surface area contributed by atoms with Gasteiger partial charge in [0.2, 0.25) is 17.7 Å². The first kappa shape index (κ1) is 123. The highest BCUT2D eigenvalue weighted by atomic mass is 16.8. The van der Waals surface area contributed by atoms with Crippen molar-refractivity contribution in [2.45, 2.75) is 511 Å². The van der Waals surface area contributed by atoms with Gasteiger partial charge < -0.3 is 209 Å². The molecular weight excluding hydrogens is 1870 g/mol. The maximum Gasteiger partial charge on any atom is 0.220 e. The quantitative estimate of drug-likeness (QED) is 0.0215. The lowest BCUT2D eigenvalue weighted by molar-refractivity contribution is -0.391. The second-order valence-corrected chi connectivity index (χ2v) is 38.8. The smallest absolute Gasteiger partial charge is 0.220 e. The average Bonchev–Trinajstić information content (AvgIpc) is 0.763. The first-order valence-electron chi connectivity index (χ1n) is 51.5. The van der Waals surface area contributed by atoms with Crippen LogP contribution in [-0.4, -0.2) is 446 Å². The highest BCUT2D eigenvalue weighted by Gasteiger charge is 2.61. The van der Waals surface area contributed by atoms with Gasteiger partial charge in [0, 0.05) is 20.3 Å². The second-order valence-electron chi connectivity index (χ2n) is 38.8. The molecule has 0 aromatic heterocycles. The molecule has 45 nitrogen and oxygen atoms in total. The molecule has 3 amide bonds. The minimum atomic E-state index is -2.42. The second kappa shape index (κ2) is 64.8. The Morgan fingerprint density at radius 1 is 0.298 bits per heavy atom. The molecular formula is C96H171N3O42. The molecule has 8 aliphatic heterocycles. The minimum Gasteiger partial charge on any atom is -0.394 e. The van der Waals surface area contributed by atoms with Crippen LogP contribution in [0.25, 0.3) is 0 Å². The van der Waals surface area contributed by atoms with Crippen LogP contribution in [0, 0.1) is 0 Å². The number of amides is 3. The van der Waals surface area contributed by atoms with Gasteiger partial charge in [-0.05, 0) is 51.9 Å². The van der Waals surface area contributed by atoms with Crippen molar-refractivity contribution in [2.24, 2.45) is 0 Å². The van der Waals surface area contributed by atoms with E-state index in [0.717, 1.165) is 78.1 Å². The Bertz CT molecular complexity index is 3450. The van der Waals surface area contributed by atoms with Crippen molar-refractivity contribution in [1.82, 2.24) is 16.0 Å². The Morgan fingerprint density at radius 3 is 1.06 bits per heavy atom. The van der Waals surface area contributed by atoms with Crippen LogP contribution >= 0.6 is 0 Å². The van der Waals surface area contributed by atoms with Crippen LogP contribution in [0.3, 0.4) is 0 Å². The summed E-state index contributed by atoms with van der Waals surface area (Å²) in [6.45, 7) is -0.273. The largest absolute Gasteiger partial charge is 0.394 e. The van der Waals surface area contributed by atoms with E-state index in [9.17, 15) is 132 Å². The summed E-state index contributed by atoms with van der Waals surface area (Å²) in [6, 6.07) is -4.97. The molecule has 0 radical (unpaired) electrons. The Morgan fingerprint density at radius 2 is 0.617 bits per heavy atom. The highest BCUT2D eigenvalue weighted by molar-refractivity contribution is 5.76. The van der Waals surface area contributed by atoms with E-state index in [1.165, 1.54) is 142 Å². The molecule has 0 aliphatic carbocycles. The average molecular weight is 2040 g/mol. The molecule has 8 fully saturated rings. The lowest BCUT2D eigenvalue weighted by atomic mass is 9.93. The van der Waals surface area contributed by atoms with E-state index in [0.29, 0.717) is 12.8 Å². The summed E-state index contributed by atoms with van der Waals surface area (Å²) in [6.07, 6.45) is -31.7. The molecule has 45 heteroatoms.